The maximum absolute atomic E-state index is 5.55. The van der Waals surface area contributed by atoms with Crippen molar-refractivity contribution in [1.29, 1.82) is 0 Å². The number of rotatable bonds is 7. The molecule has 1 heterocycles. The fourth-order valence-electron chi connectivity index (χ4n) is 1.32. The fraction of sp³-hybridized carbons (Fsp3) is 0.583. The largest absolute Gasteiger partial charge is 0.492 e. The van der Waals surface area contributed by atoms with Gasteiger partial charge in [-0.3, -0.25) is 4.98 Å². The van der Waals surface area contributed by atoms with Gasteiger partial charge in [0.2, 0.25) is 0 Å². The lowest BCUT2D eigenvalue weighted by atomic mass is 10.3. The van der Waals surface area contributed by atoms with Gasteiger partial charge < -0.3 is 15.0 Å². The molecular formula is C12H21N3O. The van der Waals surface area contributed by atoms with E-state index >= 15 is 0 Å². The predicted octanol–water partition coefficient (Wildman–Crippen LogP) is 1.53. The minimum absolute atomic E-state index is 0.741. The highest BCUT2D eigenvalue weighted by molar-refractivity contribution is 5.47. The number of anilines is 1. The van der Waals surface area contributed by atoms with Crippen LogP contribution in [0, 0.1) is 0 Å². The number of hydrogen-bond acceptors (Lipinski definition) is 4. The van der Waals surface area contributed by atoms with E-state index < -0.39 is 0 Å². The average molecular weight is 223 g/mol. The van der Waals surface area contributed by atoms with Crippen molar-refractivity contribution < 1.29 is 4.74 Å². The first-order chi connectivity index (χ1) is 7.77. The topological polar surface area (TPSA) is 37.4 Å². The van der Waals surface area contributed by atoms with Crippen molar-refractivity contribution in [1.82, 2.24) is 10.3 Å². The van der Waals surface area contributed by atoms with E-state index in [1.807, 2.05) is 19.3 Å². The zero-order valence-corrected chi connectivity index (χ0v) is 10.4. The van der Waals surface area contributed by atoms with Crippen LogP contribution in [0.2, 0.25) is 0 Å². The van der Waals surface area contributed by atoms with Crippen LogP contribution in [0.15, 0.2) is 18.5 Å². The van der Waals surface area contributed by atoms with Crippen molar-refractivity contribution in [3.05, 3.63) is 18.5 Å². The lowest BCUT2D eigenvalue weighted by Crippen LogP contribution is -2.27. The van der Waals surface area contributed by atoms with Crippen molar-refractivity contribution in [3.8, 4) is 5.75 Å². The molecule has 0 fully saturated rings. The fourth-order valence-corrected chi connectivity index (χ4v) is 1.32. The highest BCUT2D eigenvalue weighted by Gasteiger charge is 2.02. The van der Waals surface area contributed by atoms with Gasteiger partial charge in [-0.15, -0.1) is 0 Å². The molecule has 0 saturated heterocycles. The summed E-state index contributed by atoms with van der Waals surface area (Å²) in [5.41, 5.74) is 1.09. The number of aromatic nitrogens is 1. The van der Waals surface area contributed by atoms with Crippen molar-refractivity contribution in [2.75, 3.05) is 38.7 Å². The van der Waals surface area contributed by atoms with Crippen LogP contribution in [0.5, 0.6) is 5.75 Å². The van der Waals surface area contributed by atoms with Crippen LogP contribution in [0.1, 0.15) is 13.3 Å². The molecule has 16 heavy (non-hydrogen) atoms. The normalized spacial score (nSPS) is 10.2. The molecule has 1 N–H and O–H groups in total. The standard InChI is InChI=1S/C12H21N3O/c1-4-7-16-12-8-11(9-14-10-12)15(3)6-5-13-2/h8-10,13H,4-7H2,1-3H3. The molecule has 0 saturated carbocycles. The zero-order chi connectivity index (χ0) is 11.8. The Bertz CT molecular complexity index is 304. The molecular weight excluding hydrogens is 202 g/mol. The molecule has 1 aromatic heterocycles. The van der Waals surface area contributed by atoms with Gasteiger partial charge in [0.15, 0.2) is 0 Å². The molecule has 0 aromatic carbocycles. The van der Waals surface area contributed by atoms with Crippen LogP contribution in [-0.4, -0.2) is 38.8 Å². The van der Waals surface area contributed by atoms with Gasteiger partial charge in [0.05, 0.1) is 24.7 Å². The second kappa shape index (κ2) is 7.06. The van der Waals surface area contributed by atoms with Crippen LogP contribution < -0.4 is 15.0 Å². The van der Waals surface area contributed by atoms with Crippen LogP contribution in [-0.2, 0) is 0 Å². The third kappa shape index (κ3) is 4.06. The third-order valence-corrected chi connectivity index (χ3v) is 2.31. The second-order valence-corrected chi connectivity index (χ2v) is 3.75. The molecule has 1 rings (SSSR count). The van der Waals surface area contributed by atoms with Crippen LogP contribution >= 0.6 is 0 Å². The van der Waals surface area contributed by atoms with E-state index in [4.69, 9.17) is 4.74 Å². The van der Waals surface area contributed by atoms with E-state index in [0.29, 0.717) is 0 Å². The minimum atomic E-state index is 0.741. The molecule has 0 aliphatic heterocycles. The molecule has 0 spiro atoms. The minimum Gasteiger partial charge on any atom is -0.492 e. The SMILES string of the molecule is CCCOc1cncc(N(C)CCNC)c1. The summed E-state index contributed by atoms with van der Waals surface area (Å²) in [6.45, 7) is 4.74. The monoisotopic (exact) mass is 223 g/mol. The average Bonchev–Trinajstić information content (AvgIpc) is 2.33. The van der Waals surface area contributed by atoms with Gasteiger partial charge in [-0.25, -0.2) is 0 Å². The molecule has 0 amide bonds. The van der Waals surface area contributed by atoms with Crippen LogP contribution in [0.4, 0.5) is 5.69 Å². The van der Waals surface area contributed by atoms with Crippen molar-refractivity contribution >= 4 is 5.69 Å². The Morgan fingerprint density at radius 1 is 1.44 bits per heavy atom. The molecule has 90 valence electrons. The molecule has 0 bridgehead atoms. The quantitative estimate of drug-likeness (QED) is 0.760. The summed E-state index contributed by atoms with van der Waals surface area (Å²) in [7, 11) is 4.00. The Hall–Kier alpha value is -1.29. The Labute approximate surface area is 97.6 Å². The zero-order valence-electron chi connectivity index (χ0n) is 10.4. The first-order valence-corrected chi connectivity index (χ1v) is 5.71. The summed E-state index contributed by atoms with van der Waals surface area (Å²) in [6.07, 6.45) is 4.62. The van der Waals surface area contributed by atoms with E-state index in [0.717, 1.165) is 37.6 Å². The summed E-state index contributed by atoms with van der Waals surface area (Å²) >= 11 is 0. The highest BCUT2D eigenvalue weighted by atomic mass is 16.5. The van der Waals surface area contributed by atoms with Gasteiger partial charge in [0.25, 0.3) is 0 Å². The molecule has 4 nitrogen and oxygen atoms in total. The maximum Gasteiger partial charge on any atom is 0.139 e. The summed E-state index contributed by atoms with van der Waals surface area (Å²) < 4.78 is 5.55. The third-order valence-electron chi connectivity index (χ3n) is 2.31. The van der Waals surface area contributed by atoms with Crippen molar-refractivity contribution in [2.45, 2.75) is 13.3 Å². The van der Waals surface area contributed by atoms with Gasteiger partial charge in [-0.05, 0) is 13.5 Å². The van der Waals surface area contributed by atoms with Gasteiger partial charge in [-0.2, -0.15) is 0 Å². The van der Waals surface area contributed by atoms with Gasteiger partial charge in [-0.1, -0.05) is 6.92 Å². The Morgan fingerprint density at radius 3 is 2.94 bits per heavy atom. The number of likely N-dealkylation sites (N-methyl/N-ethyl adjacent to an activating group) is 2. The van der Waals surface area contributed by atoms with Crippen molar-refractivity contribution in [2.24, 2.45) is 0 Å². The van der Waals surface area contributed by atoms with E-state index in [9.17, 15) is 0 Å². The molecule has 0 atom stereocenters. The number of hydrogen-bond donors (Lipinski definition) is 1. The molecule has 0 aliphatic rings. The van der Waals surface area contributed by atoms with Gasteiger partial charge in [0, 0.05) is 26.2 Å². The molecule has 1 aromatic rings. The van der Waals surface area contributed by atoms with Gasteiger partial charge in [0.1, 0.15) is 5.75 Å². The maximum atomic E-state index is 5.55. The molecule has 0 radical (unpaired) electrons. The second-order valence-electron chi connectivity index (χ2n) is 3.75. The lowest BCUT2D eigenvalue weighted by molar-refractivity contribution is 0.316. The smallest absolute Gasteiger partial charge is 0.139 e. The number of pyridine rings is 1. The summed E-state index contributed by atoms with van der Waals surface area (Å²) in [6, 6.07) is 2.03. The molecule has 0 aliphatic carbocycles. The Kier molecular flexibility index (Phi) is 5.64. The summed E-state index contributed by atoms with van der Waals surface area (Å²) in [5, 5.41) is 3.12. The number of ether oxygens (including phenoxy) is 1. The first-order valence-electron chi connectivity index (χ1n) is 5.71. The van der Waals surface area contributed by atoms with E-state index in [2.05, 4.69) is 29.2 Å². The first kappa shape index (κ1) is 12.8. The molecule has 0 unspecified atom stereocenters. The van der Waals surface area contributed by atoms with E-state index in [1.165, 1.54) is 0 Å². The Morgan fingerprint density at radius 2 is 2.25 bits per heavy atom. The summed E-state index contributed by atoms with van der Waals surface area (Å²) in [4.78, 5) is 6.33. The highest BCUT2D eigenvalue weighted by Crippen LogP contribution is 2.18. The number of nitrogens with one attached hydrogen (secondary N) is 1. The van der Waals surface area contributed by atoms with E-state index in [-0.39, 0.29) is 0 Å². The predicted molar refractivity (Wildman–Crippen MR) is 67.2 cm³/mol. The molecule has 4 heteroatoms. The number of nitrogens with zero attached hydrogens (tertiary/aromatic N) is 2. The van der Waals surface area contributed by atoms with Crippen molar-refractivity contribution in [3.63, 3.8) is 0 Å². The Balaban J connectivity index is 2.58. The summed E-state index contributed by atoms with van der Waals surface area (Å²) in [5.74, 6) is 0.843. The van der Waals surface area contributed by atoms with Crippen LogP contribution in [0.3, 0.4) is 0 Å². The lowest BCUT2D eigenvalue weighted by Gasteiger charge is -2.19. The van der Waals surface area contributed by atoms with Crippen LogP contribution in [0.25, 0.3) is 0 Å². The van der Waals surface area contributed by atoms with Gasteiger partial charge >= 0.3 is 0 Å². The van der Waals surface area contributed by atoms with E-state index in [1.54, 1.807) is 6.20 Å².